The molecule has 7 heteroatoms. The third-order valence-electron chi connectivity index (χ3n) is 3.32. The van der Waals surface area contributed by atoms with Crippen molar-refractivity contribution in [3.63, 3.8) is 0 Å². The van der Waals surface area contributed by atoms with Crippen molar-refractivity contribution in [3.05, 3.63) is 35.2 Å². The fourth-order valence-corrected chi connectivity index (χ4v) is 2.41. The van der Waals surface area contributed by atoms with E-state index in [-0.39, 0.29) is 18.5 Å². The Kier molecular flexibility index (Phi) is 3.55. The van der Waals surface area contributed by atoms with E-state index in [1.807, 2.05) is 19.1 Å². The summed E-state index contributed by atoms with van der Waals surface area (Å²) in [4.78, 5) is 11.7. The summed E-state index contributed by atoms with van der Waals surface area (Å²) in [5, 5.41) is 11.1. The molecular weight excluding hydrogens is 272 g/mol. The highest BCUT2D eigenvalue weighted by Crippen LogP contribution is 2.30. The Bertz CT molecular complexity index is 668. The van der Waals surface area contributed by atoms with E-state index in [2.05, 4.69) is 21.6 Å². The van der Waals surface area contributed by atoms with E-state index in [1.165, 1.54) is 15.8 Å². The molecule has 110 valence electrons. The first kappa shape index (κ1) is 13.5. The summed E-state index contributed by atoms with van der Waals surface area (Å²) in [7, 11) is 0. The van der Waals surface area contributed by atoms with Gasteiger partial charge in [0, 0.05) is 6.42 Å². The lowest BCUT2D eigenvalue weighted by molar-refractivity contribution is 0.0501. The van der Waals surface area contributed by atoms with Crippen LogP contribution in [0.1, 0.15) is 28.7 Å². The number of ether oxygens (including phenoxy) is 2. The van der Waals surface area contributed by atoms with Crippen molar-refractivity contribution in [2.75, 3.05) is 6.61 Å². The molecule has 1 aromatic carbocycles. The van der Waals surface area contributed by atoms with Crippen molar-refractivity contribution in [2.24, 2.45) is 0 Å². The van der Waals surface area contributed by atoms with Gasteiger partial charge in [-0.1, -0.05) is 17.7 Å². The zero-order valence-corrected chi connectivity index (χ0v) is 11.9. The van der Waals surface area contributed by atoms with Gasteiger partial charge in [-0.3, -0.25) is 0 Å². The highest BCUT2D eigenvalue weighted by atomic mass is 16.5. The van der Waals surface area contributed by atoms with Crippen LogP contribution in [0.15, 0.2) is 18.2 Å². The predicted octanol–water partition coefficient (Wildman–Crippen LogP) is 1.16. The maximum atomic E-state index is 11.7. The number of carbonyl (C=O) groups excluding carboxylic acids is 1. The molecule has 1 unspecified atom stereocenters. The van der Waals surface area contributed by atoms with Crippen molar-refractivity contribution in [1.29, 1.82) is 0 Å². The van der Waals surface area contributed by atoms with Crippen molar-refractivity contribution in [3.8, 4) is 5.75 Å². The van der Waals surface area contributed by atoms with Crippen LogP contribution < -0.4 is 4.74 Å². The normalized spacial score (nSPS) is 16.4. The molecule has 0 fully saturated rings. The second-order valence-electron chi connectivity index (χ2n) is 4.96. The highest BCUT2D eigenvalue weighted by molar-refractivity contribution is 5.85. The number of rotatable bonds is 4. The molecule has 21 heavy (non-hydrogen) atoms. The lowest BCUT2D eigenvalue weighted by Gasteiger charge is -2.11. The standard InChI is InChI=1S/C14H16N4O3/c1-3-20-14(19)13-15-16-17-18(13)8-11-7-10-6-9(2)4-5-12(10)21-11/h4-6,11H,3,7-8H2,1-2H3. The summed E-state index contributed by atoms with van der Waals surface area (Å²) in [5.74, 6) is 0.470. The van der Waals surface area contributed by atoms with Gasteiger partial charge in [0.05, 0.1) is 13.2 Å². The van der Waals surface area contributed by atoms with E-state index in [0.717, 1.165) is 12.2 Å². The van der Waals surface area contributed by atoms with Crippen LogP contribution >= 0.6 is 0 Å². The van der Waals surface area contributed by atoms with Crippen LogP contribution in [0.25, 0.3) is 0 Å². The van der Waals surface area contributed by atoms with Crippen LogP contribution in [0.2, 0.25) is 0 Å². The van der Waals surface area contributed by atoms with Gasteiger partial charge in [-0.25, -0.2) is 9.48 Å². The fraction of sp³-hybridized carbons (Fsp3) is 0.429. The van der Waals surface area contributed by atoms with Crippen LogP contribution in [-0.2, 0) is 17.7 Å². The molecule has 2 aromatic rings. The van der Waals surface area contributed by atoms with Gasteiger partial charge < -0.3 is 9.47 Å². The topological polar surface area (TPSA) is 79.1 Å². The monoisotopic (exact) mass is 288 g/mol. The highest BCUT2D eigenvalue weighted by Gasteiger charge is 2.26. The summed E-state index contributed by atoms with van der Waals surface area (Å²) in [6.45, 7) is 4.49. The second kappa shape index (κ2) is 5.51. The lowest BCUT2D eigenvalue weighted by atomic mass is 10.1. The van der Waals surface area contributed by atoms with Gasteiger partial charge in [-0.2, -0.15) is 0 Å². The van der Waals surface area contributed by atoms with E-state index in [4.69, 9.17) is 9.47 Å². The summed E-state index contributed by atoms with van der Waals surface area (Å²) in [6, 6.07) is 6.10. The van der Waals surface area contributed by atoms with Crippen LogP contribution in [-0.4, -0.2) is 38.9 Å². The minimum absolute atomic E-state index is 0.0847. The first-order chi connectivity index (χ1) is 10.2. The lowest BCUT2D eigenvalue weighted by Crippen LogP contribution is -2.25. The van der Waals surface area contributed by atoms with Crippen molar-refractivity contribution >= 4 is 5.97 Å². The number of aryl methyl sites for hydroxylation is 1. The van der Waals surface area contributed by atoms with Gasteiger partial charge in [-0.15, -0.1) is 5.10 Å². The number of aromatic nitrogens is 4. The molecule has 0 bridgehead atoms. The number of carbonyl (C=O) groups is 1. The summed E-state index contributed by atoms with van der Waals surface area (Å²) in [6.07, 6.45) is 0.692. The number of hydrogen-bond donors (Lipinski definition) is 0. The van der Waals surface area contributed by atoms with Crippen LogP contribution in [0.3, 0.4) is 0 Å². The zero-order valence-electron chi connectivity index (χ0n) is 11.9. The van der Waals surface area contributed by atoms with E-state index in [0.29, 0.717) is 6.54 Å². The molecule has 0 spiro atoms. The number of nitrogens with zero attached hydrogens (tertiary/aromatic N) is 4. The molecule has 1 aromatic heterocycles. The summed E-state index contributed by atoms with van der Waals surface area (Å²) >= 11 is 0. The maximum absolute atomic E-state index is 11.7. The first-order valence-electron chi connectivity index (χ1n) is 6.87. The second-order valence-corrected chi connectivity index (χ2v) is 4.96. The average molecular weight is 288 g/mol. The van der Waals surface area contributed by atoms with E-state index in [9.17, 15) is 4.79 Å². The maximum Gasteiger partial charge on any atom is 0.378 e. The molecule has 0 saturated heterocycles. The van der Waals surface area contributed by atoms with Gasteiger partial charge in [-0.05, 0) is 35.9 Å². The summed E-state index contributed by atoms with van der Waals surface area (Å²) in [5.41, 5.74) is 2.37. The van der Waals surface area contributed by atoms with Crippen molar-refractivity contribution in [1.82, 2.24) is 20.2 Å². The molecular formula is C14H16N4O3. The Hall–Kier alpha value is -2.44. The molecule has 1 aliphatic rings. The smallest absolute Gasteiger partial charge is 0.378 e. The zero-order chi connectivity index (χ0) is 14.8. The molecule has 1 atom stereocenters. The first-order valence-corrected chi connectivity index (χ1v) is 6.87. The molecule has 0 saturated carbocycles. The summed E-state index contributed by atoms with van der Waals surface area (Å²) < 4.78 is 12.2. The largest absolute Gasteiger partial charge is 0.488 e. The molecule has 1 aliphatic heterocycles. The van der Waals surface area contributed by atoms with Crippen LogP contribution in [0.5, 0.6) is 5.75 Å². The number of esters is 1. The minimum atomic E-state index is -0.520. The molecule has 3 rings (SSSR count). The Morgan fingerprint density at radius 2 is 2.38 bits per heavy atom. The SMILES string of the molecule is CCOC(=O)c1nnnn1CC1Cc2cc(C)ccc2O1. The molecule has 0 radical (unpaired) electrons. The Labute approximate surface area is 121 Å². The van der Waals surface area contributed by atoms with Gasteiger partial charge in [0.2, 0.25) is 0 Å². The number of benzene rings is 1. The molecule has 0 aliphatic carbocycles. The third kappa shape index (κ3) is 2.72. The Balaban J connectivity index is 1.72. The average Bonchev–Trinajstić information content (AvgIpc) is 3.05. The van der Waals surface area contributed by atoms with Crippen LogP contribution in [0, 0.1) is 6.92 Å². The number of fused-ring (bicyclic) bond motifs is 1. The minimum Gasteiger partial charge on any atom is -0.488 e. The van der Waals surface area contributed by atoms with Crippen molar-refractivity contribution in [2.45, 2.75) is 32.9 Å². The quantitative estimate of drug-likeness (QED) is 0.786. The van der Waals surface area contributed by atoms with E-state index in [1.54, 1.807) is 6.92 Å². The number of hydrogen-bond acceptors (Lipinski definition) is 6. The van der Waals surface area contributed by atoms with Gasteiger partial charge >= 0.3 is 5.97 Å². The van der Waals surface area contributed by atoms with Gasteiger partial charge in [0.15, 0.2) is 0 Å². The van der Waals surface area contributed by atoms with Gasteiger partial charge in [0.25, 0.3) is 5.82 Å². The fourth-order valence-electron chi connectivity index (χ4n) is 2.41. The van der Waals surface area contributed by atoms with Gasteiger partial charge in [0.1, 0.15) is 11.9 Å². The van der Waals surface area contributed by atoms with E-state index >= 15 is 0 Å². The molecule has 7 nitrogen and oxygen atoms in total. The molecule has 2 heterocycles. The number of tetrazole rings is 1. The Morgan fingerprint density at radius 3 is 3.19 bits per heavy atom. The molecule has 0 N–H and O–H groups in total. The Morgan fingerprint density at radius 1 is 1.52 bits per heavy atom. The predicted molar refractivity (Wildman–Crippen MR) is 73.1 cm³/mol. The molecule has 0 amide bonds. The van der Waals surface area contributed by atoms with Crippen molar-refractivity contribution < 1.29 is 14.3 Å². The van der Waals surface area contributed by atoms with Crippen LogP contribution in [0.4, 0.5) is 0 Å². The van der Waals surface area contributed by atoms with E-state index < -0.39 is 5.97 Å². The third-order valence-corrected chi connectivity index (χ3v) is 3.32.